The van der Waals surface area contributed by atoms with Crippen LogP contribution >= 0.6 is 0 Å². The maximum Gasteiger partial charge on any atom is 0.321 e. The van der Waals surface area contributed by atoms with E-state index in [9.17, 15) is 14.7 Å². The van der Waals surface area contributed by atoms with Crippen molar-refractivity contribution in [2.24, 2.45) is 5.92 Å². The molecule has 2 aromatic rings. The molecule has 2 aromatic carbocycles. The molecule has 0 amide bonds. The average molecular weight is 326 g/mol. The van der Waals surface area contributed by atoms with Gasteiger partial charge in [-0.2, -0.15) is 0 Å². The van der Waals surface area contributed by atoms with Crippen LogP contribution in [-0.4, -0.2) is 22.6 Å². The Bertz CT molecular complexity index is 647. The van der Waals surface area contributed by atoms with Crippen LogP contribution in [0.4, 0.5) is 0 Å². The Hall–Kier alpha value is -2.62. The Morgan fingerprint density at radius 3 is 1.62 bits per heavy atom. The molecule has 0 heterocycles. The number of rotatable bonds is 5. The van der Waals surface area contributed by atoms with Crippen molar-refractivity contribution < 1.29 is 19.4 Å². The quantitative estimate of drug-likeness (QED) is 0.669. The molecule has 0 saturated heterocycles. The smallest absolute Gasteiger partial charge is 0.321 e. The van der Waals surface area contributed by atoms with Crippen molar-refractivity contribution in [1.82, 2.24) is 0 Å². The number of esters is 1. The van der Waals surface area contributed by atoms with E-state index in [1.807, 2.05) is 60.7 Å². The second-order valence-corrected chi connectivity index (χ2v) is 6.65. The molecule has 0 bridgehead atoms. The van der Waals surface area contributed by atoms with E-state index in [-0.39, 0.29) is 0 Å². The number of hydrogen-bond donors (Lipinski definition) is 1. The van der Waals surface area contributed by atoms with E-state index in [0.717, 1.165) is 11.1 Å². The lowest BCUT2D eigenvalue weighted by atomic mass is 9.80. The molecule has 0 aliphatic carbocycles. The molecule has 0 saturated carbocycles. The van der Waals surface area contributed by atoms with Gasteiger partial charge in [0.2, 0.25) is 0 Å². The van der Waals surface area contributed by atoms with Crippen molar-refractivity contribution in [1.29, 1.82) is 0 Å². The Labute approximate surface area is 142 Å². The molecular weight excluding hydrogens is 304 g/mol. The first-order valence-electron chi connectivity index (χ1n) is 7.85. The van der Waals surface area contributed by atoms with Gasteiger partial charge in [0.05, 0.1) is 0 Å². The fraction of sp³-hybridized carbons (Fsp3) is 0.300. The van der Waals surface area contributed by atoms with Crippen molar-refractivity contribution >= 4 is 11.9 Å². The standard InChI is InChI=1S/C20H22O4/c1-20(2,3)24-19(23)17(18(21)22)16(14-10-6-4-7-11-14)15-12-8-5-9-13-15/h4-13,16-17H,1-3H3,(H,21,22). The maximum atomic E-state index is 12.6. The predicted molar refractivity (Wildman–Crippen MR) is 91.7 cm³/mol. The monoisotopic (exact) mass is 326 g/mol. The van der Waals surface area contributed by atoms with Crippen LogP contribution in [-0.2, 0) is 14.3 Å². The molecule has 1 N–H and O–H groups in total. The third-order valence-corrected chi connectivity index (χ3v) is 3.58. The first-order chi connectivity index (χ1) is 11.3. The normalized spacial score (nSPS) is 12.7. The number of ether oxygens (including phenoxy) is 1. The number of carboxylic acid groups (broad SMARTS) is 1. The first-order valence-corrected chi connectivity index (χ1v) is 7.85. The Balaban J connectivity index is 2.51. The highest BCUT2D eigenvalue weighted by Crippen LogP contribution is 2.34. The van der Waals surface area contributed by atoms with Gasteiger partial charge >= 0.3 is 11.9 Å². The fourth-order valence-corrected chi connectivity index (χ4v) is 2.64. The topological polar surface area (TPSA) is 63.6 Å². The van der Waals surface area contributed by atoms with Crippen LogP contribution in [0.5, 0.6) is 0 Å². The predicted octanol–water partition coefficient (Wildman–Crippen LogP) is 3.86. The largest absolute Gasteiger partial charge is 0.481 e. The van der Waals surface area contributed by atoms with Crippen LogP contribution < -0.4 is 0 Å². The molecule has 24 heavy (non-hydrogen) atoms. The third kappa shape index (κ3) is 4.44. The van der Waals surface area contributed by atoms with Gasteiger partial charge in [-0.05, 0) is 31.9 Å². The van der Waals surface area contributed by atoms with Crippen LogP contribution in [0.15, 0.2) is 60.7 Å². The van der Waals surface area contributed by atoms with Gasteiger partial charge in [0.1, 0.15) is 5.60 Å². The average Bonchev–Trinajstić information content (AvgIpc) is 2.52. The number of aliphatic carboxylic acids is 1. The number of carbonyl (C=O) groups is 2. The van der Waals surface area contributed by atoms with E-state index in [1.54, 1.807) is 20.8 Å². The molecule has 1 unspecified atom stereocenters. The van der Waals surface area contributed by atoms with Crippen molar-refractivity contribution in [2.45, 2.75) is 32.3 Å². The second kappa shape index (κ2) is 7.30. The van der Waals surface area contributed by atoms with Crippen LogP contribution in [0.25, 0.3) is 0 Å². The summed E-state index contributed by atoms with van der Waals surface area (Å²) in [5.41, 5.74) is 0.784. The van der Waals surface area contributed by atoms with E-state index in [1.165, 1.54) is 0 Å². The highest BCUT2D eigenvalue weighted by Gasteiger charge is 2.39. The number of hydrogen-bond acceptors (Lipinski definition) is 3. The van der Waals surface area contributed by atoms with Crippen LogP contribution in [0.1, 0.15) is 37.8 Å². The molecule has 1 atom stereocenters. The summed E-state index contributed by atoms with van der Waals surface area (Å²) in [7, 11) is 0. The summed E-state index contributed by atoms with van der Waals surface area (Å²) in [6.07, 6.45) is 0. The zero-order valence-corrected chi connectivity index (χ0v) is 14.1. The highest BCUT2D eigenvalue weighted by molar-refractivity contribution is 5.96. The molecule has 2 rings (SSSR count). The molecule has 0 aromatic heterocycles. The molecule has 0 spiro atoms. The van der Waals surface area contributed by atoms with E-state index >= 15 is 0 Å². The molecule has 4 heteroatoms. The van der Waals surface area contributed by atoms with Crippen molar-refractivity contribution in [2.75, 3.05) is 0 Å². The number of benzene rings is 2. The highest BCUT2D eigenvalue weighted by atomic mass is 16.6. The van der Waals surface area contributed by atoms with E-state index < -0.39 is 29.4 Å². The van der Waals surface area contributed by atoms with E-state index in [2.05, 4.69) is 0 Å². The number of carbonyl (C=O) groups excluding carboxylic acids is 1. The van der Waals surface area contributed by atoms with Gasteiger partial charge in [-0.3, -0.25) is 9.59 Å². The molecular formula is C20H22O4. The van der Waals surface area contributed by atoms with Gasteiger partial charge < -0.3 is 9.84 Å². The zero-order chi connectivity index (χ0) is 17.7. The lowest BCUT2D eigenvalue weighted by Crippen LogP contribution is -2.36. The number of carboxylic acids is 1. The fourth-order valence-electron chi connectivity index (χ4n) is 2.64. The van der Waals surface area contributed by atoms with Crippen molar-refractivity contribution in [3.05, 3.63) is 71.8 Å². The Morgan fingerprint density at radius 2 is 1.29 bits per heavy atom. The Kier molecular flexibility index (Phi) is 5.39. The lowest BCUT2D eigenvalue weighted by Gasteiger charge is -2.27. The minimum Gasteiger partial charge on any atom is -0.481 e. The minimum absolute atomic E-state index is 0.611. The molecule has 0 aliphatic heterocycles. The molecule has 4 nitrogen and oxygen atoms in total. The molecule has 0 fully saturated rings. The maximum absolute atomic E-state index is 12.6. The molecule has 0 aliphatic rings. The van der Waals surface area contributed by atoms with Gasteiger partial charge in [0.15, 0.2) is 5.92 Å². The summed E-state index contributed by atoms with van der Waals surface area (Å²) in [6, 6.07) is 18.4. The van der Waals surface area contributed by atoms with Gasteiger partial charge in [0, 0.05) is 5.92 Å². The van der Waals surface area contributed by atoms with E-state index in [0.29, 0.717) is 0 Å². The zero-order valence-electron chi connectivity index (χ0n) is 14.1. The SMILES string of the molecule is CC(C)(C)OC(=O)C(C(=O)O)C(c1ccccc1)c1ccccc1. The summed E-state index contributed by atoms with van der Waals surface area (Å²) >= 11 is 0. The van der Waals surface area contributed by atoms with E-state index in [4.69, 9.17) is 4.74 Å². The molecule has 126 valence electrons. The van der Waals surface area contributed by atoms with Gasteiger partial charge in [0.25, 0.3) is 0 Å². The summed E-state index contributed by atoms with van der Waals surface area (Å²) in [5.74, 6) is -3.84. The summed E-state index contributed by atoms with van der Waals surface area (Å²) in [6.45, 7) is 5.18. The minimum atomic E-state index is -1.31. The third-order valence-electron chi connectivity index (χ3n) is 3.58. The second-order valence-electron chi connectivity index (χ2n) is 6.65. The summed E-state index contributed by atoms with van der Waals surface area (Å²) in [4.78, 5) is 24.5. The first kappa shape index (κ1) is 17.7. The summed E-state index contributed by atoms with van der Waals surface area (Å²) in [5, 5.41) is 9.73. The van der Waals surface area contributed by atoms with Gasteiger partial charge in [-0.25, -0.2) is 0 Å². The molecule has 0 radical (unpaired) electrons. The lowest BCUT2D eigenvalue weighted by molar-refractivity contribution is -0.167. The van der Waals surface area contributed by atoms with Crippen LogP contribution in [0, 0.1) is 5.92 Å². The van der Waals surface area contributed by atoms with Gasteiger partial charge in [-0.1, -0.05) is 60.7 Å². The van der Waals surface area contributed by atoms with Crippen LogP contribution in [0.2, 0.25) is 0 Å². The Morgan fingerprint density at radius 1 is 0.875 bits per heavy atom. The van der Waals surface area contributed by atoms with Gasteiger partial charge in [-0.15, -0.1) is 0 Å². The summed E-state index contributed by atoms with van der Waals surface area (Å²) < 4.78 is 5.37. The van der Waals surface area contributed by atoms with Crippen molar-refractivity contribution in [3.8, 4) is 0 Å². The van der Waals surface area contributed by atoms with Crippen LogP contribution in [0.3, 0.4) is 0 Å². The van der Waals surface area contributed by atoms with Crippen molar-refractivity contribution in [3.63, 3.8) is 0 Å².